The standard InChI is InChI=1S/C22H35N3O/c1-19(26)23-18-21-9-12-22(13-10-21,25-16-14-24(2)15-17-25)11-8-20-6-4-3-5-7-20/h3-7,21H,8-18H2,1-2H3,(H,23,26). The first-order valence-electron chi connectivity index (χ1n) is 10.3. The molecule has 0 aromatic heterocycles. The maximum atomic E-state index is 11.2. The first-order chi connectivity index (χ1) is 12.6. The molecule has 3 rings (SSSR count). The summed E-state index contributed by atoms with van der Waals surface area (Å²) in [4.78, 5) is 16.5. The lowest BCUT2D eigenvalue weighted by Gasteiger charge is -2.51. The number of amides is 1. The molecule has 1 heterocycles. The molecule has 0 spiro atoms. The van der Waals surface area contributed by atoms with E-state index in [0.29, 0.717) is 11.5 Å². The van der Waals surface area contributed by atoms with Crippen molar-refractivity contribution in [2.75, 3.05) is 39.8 Å². The summed E-state index contributed by atoms with van der Waals surface area (Å²) in [5, 5.41) is 3.03. The van der Waals surface area contributed by atoms with Crippen molar-refractivity contribution in [3.63, 3.8) is 0 Å². The highest BCUT2D eigenvalue weighted by molar-refractivity contribution is 5.72. The number of likely N-dealkylation sites (N-methyl/N-ethyl adjacent to an activating group) is 1. The Morgan fingerprint density at radius 3 is 2.38 bits per heavy atom. The van der Waals surface area contributed by atoms with Gasteiger partial charge in [-0.25, -0.2) is 0 Å². The highest BCUT2D eigenvalue weighted by atomic mass is 16.1. The van der Waals surface area contributed by atoms with E-state index in [9.17, 15) is 4.79 Å². The van der Waals surface area contributed by atoms with Gasteiger partial charge in [0.05, 0.1) is 0 Å². The molecule has 2 aliphatic rings. The number of rotatable bonds is 6. The van der Waals surface area contributed by atoms with Gasteiger partial charge >= 0.3 is 0 Å². The monoisotopic (exact) mass is 357 g/mol. The summed E-state index contributed by atoms with van der Waals surface area (Å²) in [6.07, 6.45) is 7.45. The summed E-state index contributed by atoms with van der Waals surface area (Å²) in [5.74, 6) is 0.751. The average molecular weight is 358 g/mol. The molecule has 1 aromatic rings. The largest absolute Gasteiger partial charge is 0.356 e. The van der Waals surface area contributed by atoms with Crippen LogP contribution in [0.3, 0.4) is 0 Å². The van der Waals surface area contributed by atoms with Gasteiger partial charge in [-0.1, -0.05) is 30.3 Å². The molecule has 1 amide bonds. The quantitative estimate of drug-likeness (QED) is 0.850. The Morgan fingerprint density at radius 1 is 1.12 bits per heavy atom. The van der Waals surface area contributed by atoms with Crippen molar-refractivity contribution in [1.82, 2.24) is 15.1 Å². The number of benzene rings is 1. The fourth-order valence-electron chi connectivity index (χ4n) is 4.73. The Kier molecular flexibility index (Phi) is 6.71. The second-order valence-electron chi connectivity index (χ2n) is 8.38. The zero-order valence-corrected chi connectivity index (χ0v) is 16.5. The Labute approximate surface area is 158 Å². The second kappa shape index (κ2) is 9.01. The van der Waals surface area contributed by atoms with E-state index in [-0.39, 0.29) is 5.91 Å². The van der Waals surface area contributed by atoms with Crippen LogP contribution < -0.4 is 5.32 Å². The van der Waals surface area contributed by atoms with Crippen molar-refractivity contribution >= 4 is 5.91 Å². The first kappa shape index (κ1) is 19.4. The number of piperazine rings is 1. The predicted octanol–water partition coefficient (Wildman–Crippen LogP) is 2.93. The molecule has 0 radical (unpaired) electrons. The minimum Gasteiger partial charge on any atom is -0.356 e. The van der Waals surface area contributed by atoms with Gasteiger partial charge in [0, 0.05) is 45.2 Å². The molecule has 4 nitrogen and oxygen atoms in total. The van der Waals surface area contributed by atoms with Crippen molar-refractivity contribution in [3.05, 3.63) is 35.9 Å². The maximum Gasteiger partial charge on any atom is 0.216 e. The van der Waals surface area contributed by atoms with Gasteiger partial charge in [-0.3, -0.25) is 9.69 Å². The van der Waals surface area contributed by atoms with Crippen molar-refractivity contribution in [1.29, 1.82) is 0 Å². The molecule has 1 aliphatic heterocycles. The third-order valence-corrected chi connectivity index (χ3v) is 6.57. The number of carbonyl (C=O) groups excluding carboxylic acids is 1. The van der Waals surface area contributed by atoms with E-state index in [0.717, 1.165) is 6.54 Å². The number of nitrogens with zero attached hydrogens (tertiary/aromatic N) is 2. The lowest BCUT2D eigenvalue weighted by atomic mass is 9.72. The van der Waals surface area contributed by atoms with E-state index in [1.807, 2.05) is 0 Å². The van der Waals surface area contributed by atoms with Gasteiger partial charge in [0.15, 0.2) is 0 Å². The first-order valence-corrected chi connectivity index (χ1v) is 10.3. The van der Waals surface area contributed by atoms with Gasteiger partial charge in [0.2, 0.25) is 5.91 Å². The van der Waals surface area contributed by atoms with Crippen molar-refractivity contribution in [2.24, 2.45) is 5.92 Å². The van der Waals surface area contributed by atoms with E-state index in [1.165, 1.54) is 70.3 Å². The highest BCUT2D eigenvalue weighted by Gasteiger charge is 2.40. The molecule has 26 heavy (non-hydrogen) atoms. The summed E-state index contributed by atoms with van der Waals surface area (Å²) < 4.78 is 0. The van der Waals surface area contributed by atoms with Gasteiger partial charge in [0.25, 0.3) is 0 Å². The summed E-state index contributed by atoms with van der Waals surface area (Å²) >= 11 is 0. The summed E-state index contributed by atoms with van der Waals surface area (Å²) in [6.45, 7) is 7.23. The Balaban J connectivity index is 1.63. The Bertz CT molecular complexity index is 558. The van der Waals surface area contributed by atoms with Crippen LogP contribution in [0, 0.1) is 5.92 Å². The molecule has 1 saturated carbocycles. The molecule has 4 heteroatoms. The summed E-state index contributed by atoms with van der Waals surface area (Å²) in [7, 11) is 2.23. The molecule has 0 unspecified atom stereocenters. The minimum atomic E-state index is 0.102. The summed E-state index contributed by atoms with van der Waals surface area (Å²) in [6, 6.07) is 10.9. The van der Waals surface area contributed by atoms with Gasteiger partial charge in [-0.05, 0) is 57.1 Å². The van der Waals surface area contributed by atoms with Crippen LogP contribution in [0.4, 0.5) is 0 Å². The number of nitrogens with one attached hydrogen (secondary N) is 1. The SMILES string of the molecule is CC(=O)NCC1CCC(CCc2ccccc2)(N2CCN(C)CC2)CC1. The van der Waals surface area contributed by atoms with E-state index in [2.05, 4.69) is 52.5 Å². The smallest absolute Gasteiger partial charge is 0.216 e. The molecular formula is C22H35N3O. The van der Waals surface area contributed by atoms with Crippen molar-refractivity contribution in [2.45, 2.75) is 51.0 Å². The molecule has 0 atom stereocenters. The highest BCUT2D eigenvalue weighted by Crippen LogP contribution is 2.40. The molecule has 2 fully saturated rings. The fraction of sp³-hybridized carbons (Fsp3) is 0.682. The van der Waals surface area contributed by atoms with Crippen LogP contribution in [0.1, 0.15) is 44.6 Å². The van der Waals surface area contributed by atoms with Gasteiger partial charge < -0.3 is 10.2 Å². The Morgan fingerprint density at radius 2 is 1.77 bits per heavy atom. The topological polar surface area (TPSA) is 35.6 Å². The van der Waals surface area contributed by atoms with Crippen LogP contribution in [0.5, 0.6) is 0 Å². The molecule has 1 aromatic carbocycles. The molecule has 0 bridgehead atoms. The molecule has 1 aliphatic carbocycles. The lowest BCUT2D eigenvalue weighted by molar-refractivity contribution is -0.119. The van der Waals surface area contributed by atoms with Crippen LogP contribution in [-0.4, -0.2) is 61.0 Å². The predicted molar refractivity (Wildman–Crippen MR) is 107 cm³/mol. The van der Waals surface area contributed by atoms with Gasteiger partial charge in [0.1, 0.15) is 0 Å². The van der Waals surface area contributed by atoms with Gasteiger partial charge in [-0.2, -0.15) is 0 Å². The third-order valence-electron chi connectivity index (χ3n) is 6.57. The van der Waals surface area contributed by atoms with Crippen LogP contribution in [0.2, 0.25) is 0 Å². The van der Waals surface area contributed by atoms with Gasteiger partial charge in [-0.15, -0.1) is 0 Å². The minimum absolute atomic E-state index is 0.102. The van der Waals surface area contributed by atoms with Crippen molar-refractivity contribution in [3.8, 4) is 0 Å². The normalized spacial score (nSPS) is 28.0. The number of carbonyl (C=O) groups is 1. The van der Waals surface area contributed by atoms with Crippen molar-refractivity contribution < 1.29 is 4.79 Å². The van der Waals surface area contributed by atoms with Crippen LogP contribution in [0.15, 0.2) is 30.3 Å². The third kappa shape index (κ3) is 5.08. The molecule has 1 N–H and O–H groups in total. The molecule has 144 valence electrons. The van der Waals surface area contributed by atoms with E-state index in [1.54, 1.807) is 6.92 Å². The Hall–Kier alpha value is -1.39. The number of hydrogen-bond donors (Lipinski definition) is 1. The zero-order chi connectivity index (χ0) is 18.4. The number of hydrogen-bond acceptors (Lipinski definition) is 3. The lowest BCUT2D eigenvalue weighted by Crippen LogP contribution is -2.58. The summed E-state index contributed by atoms with van der Waals surface area (Å²) in [5.41, 5.74) is 1.81. The van der Waals surface area contributed by atoms with Crippen LogP contribution in [0.25, 0.3) is 0 Å². The van der Waals surface area contributed by atoms with E-state index >= 15 is 0 Å². The molecular weight excluding hydrogens is 322 g/mol. The maximum absolute atomic E-state index is 11.2. The van der Waals surface area contributed by atoms with Crippen LogP contribution in [-0.2, 0) is 11.2 Å². The number of aryl methyl sites for hydroxylation is 1. The van der Waals surface area contributed by atoms with Crippen LogP contribution >= 0.6 is 0 Å². The van der Waals surface area contributed by atoms with E-state index < -0.39 is 0 Å². The molecule has 1 saturated heterocycles. The average Bonchev–Trinajstić information content (AvgIpc) is 2.67. The fourth-order valence-corrected chi connectivity index (χ4v) is 4.73. The van der Waals surface area contributed by atoms with E-state index in [4.69, 9.17) is 0 Å². The second-order valence-corrected chi connectivity index (χ2v) is 8.38. The zero-order valence-electron chi connectivity index (χ0n) is 16.5.